The number of hydrogen-bond donors (Lipinski definition) is 3. The minimum Gasteiger partial charge on any atom is -0.481 e. The number of allylic oxidation sites excluding steroid dienone is 2. The molecule has 2 heterocycles. The Labute approximate surface area is 187 Å². The number of para-hydroxylation sites is 2. The molecule has 8 nitrogen and oxygen atoms in total. The van der Waals surface area contributed by atoms with E-state index in [0.717, 1.165) is 0 Å². The van der Waals surface area contributed by atoms with Crippen LogP contribution in [0.1, 0.15) is 32.1 Å². The quantitative estimate of drug-likeness (QED) is 0.392. The average molecular weight is 446 g/mol. The fourth-order valence-electron chi connectivity index (χ4n) is 4.51. The Morgan fingerprint density at radius 1 is 1.06 bits per heavy atom. The number of carbonyl (C=O) groups is 1. The van der Waals surface area contributed by atoms with E-state index in [0.29, 0.717) is 50.4 Å². The smallest absolute Gasteiger partial charge is 0.303 e. The van der Waals surface area contributed by atoms with Crippen LogP contribution in [0.4, 0.5) is 0 Å². The molecule has 0 spiro atoms. The van der Waals surface area contributed by atoms with Gasteiger partial charge in [-0.25, -0.2) is 0 Å². The molecule has 2 aliphatic heterocycles. The van der Waals surface area contributed by atoms with Gasteiger partial charge >= 0.3 is 5.97 Å². The molecule has 3 aliphatic rings. The Balaban J connectivity index is 1.42. The zero-order chi connectivity index (χ0) is 22.6. The van der Waals surface area contributed by atoms with Gasteiger partial charge in [-0.3, -0.25) is 4.79 Å². The van der Waals surface area contributed by atoms with E-state index in [9.17, 15) is 15.0 Å². The standard InChI is InChI=1S/C24H30O8/c25-18-15-19(26)17(16(18)7-3-1-2-4-10-22(27)28)11-12-24(29-13-14-30-24)23-31-20-8-5-6-9-21(20)32-23/h1,3,5-6,8-9,11-12,16-19,23,25-26H,2,4,7,10,13-15H2,(H,27,28)/b3-1-,12-11+/t16-,17-,18+,19-/m1/s1. The molecule has 0 unspecified atom stereocenters. The maximum atomic E-state index is 10.6. The number of aliphatic hydroxyl groups is 2. The molecule has 0 amide bonds. The van der Waals surface area contributed by atoms with Crippen LogP contribution in [-0.2, 0) is 14.3 Å². The number of benzene rings is 1. The molecule has 174 valence electrons. The Kier molecular flexibility index (Phi) is 7.15. The van der Waals surface area contributed by atoms with Crippen molar-refractivity contribution in [2.75, 3.05) is 13.2 Å². The summed E-state index contributed by atoms with van der Waals surface area (Å²) in [6, 6.07) is 7.36. The molecule has 1 saturated heterocycles. The van der Waals surface area contributed by atoms with Gasteiger partial charge in [0, 0.05) is 18.8 Å². The van der Waals surface area contributed by atoms with Crippen molar-refractivity contribution < 1.29 is 39.1 Å². The van der Waals surface area contributed by atoms with Gasteiger partial charge in [0.05, 0.1) is 25.4 Å². The van der Waals surface area contributed by atoms with Crippen molar-refractivity contribution >= 4 is 5.97 Å². The number of hydrogen-bond acceptors (Lipinski definition) is 7. The van der Waals surface area contributed by atoms with E-state index in [4.69, 9.17) is 24.1 Å². The zero-order valence-corrected chi connectivity index (χ0v) is 17.8. The lowest BCUT2D eigenvalue weighted by Gasteiger charge is -2.29. The first-order valence-electron chi connectivity index (χ1n) is 11.1. The molecule has 2 fully saturated rings. The minimum atomic E-state index is -1.23. The maximum Gasteiger partial charge on any atom is 0.303 e. The third kappa shape index (κ3) is 4.99. The number of fused-ring (bicyclic) bond motifs is 1. The Bertz CT molecular complexity index is 819. The number of ether oxygens (including phenoxy) is 4. The van der Waals surface area contributed by atoms with Crippen molar-refractivity contribution in [2.24, 2.45) is 11.8 Å². The second-order valence-electron chi connectivity index (χ2n) is 8.40. The summed E-state index contributed by atoms with van der Waals surface area (Å²) < 4.78 is 23.6. The molecule has 32 heavy (non-hydrogen) atoms. The molecule has 8 heteroatoms. The highest BCUT2D eigenvalue weighted by molar-refractivity contribution is 5.66. The highest BCUT2D eigenvalue weighted by Crippen LogP contribution is 2.42. The van der Waals surface area contributed by atoms with Gasteiger partial charge in [-0.2, -0.15) is 0 Å². The van der Waals surface area contributed by atoms with Crippen LogP contribution in [0.3, 0.4) is 0 Å². The number of unbranched alkanes of at least 4 members (excludes halogenated alkanes) is 1. The van der Waals surface area contributed by atoms with Crippen molar-refractivity contribution in [3.63, 3.8) is 0 Å². The molecular weight excluding hydrogens is 416 g/mol. The summed E-state index contributed by atoms with van der Waals surface area (Å²) in [7, 11) is 0. The second kappa shape index (κ2) is 10.0. The van der Waals surface area contributed by atoms with Gasteiger partial charge in [0.25, 0.3) is 12.1 Å². The van der Waals surface area contributed by atoms with Crippen LogP contribution in [0.25, 0.3) is 0 Å². The van der Waals surface area contributed by atoms with E-state index in [-0.39, 0.29) is 18.3 Å². The van der Waals surface area contributed by atoms with E-state index in [1.54, 1.807) is 6.08 Å². The lowest BCUT2D eigenvalue weighted by molar-refractivity contribution is -0.222. The fourth-order valence-corrected chi connectivity index (χ4v) is 4.51. The van der Waals surface area contributed by atoms with Gasteiger partial charge in [0.15, 0.2) is 11.5 Å². The maximum absolute atomic E-state index is 10.6. The molecule has 0 aromatic heterocycles. The number of aliphatic hydroxyl groups excluding tert-OH is 2. The van der Waals surface area contributed by atoms with Gasteiger partial charge in [-0.05, 0) is 43.4 Å². The second-order valence-corrected chi connectivity index (χ2v) is 8.40. The molecule has 1 aromatic rings. The van der Waals surface area contributed by atoms with E-state index < -0.39 is 30.3 Å². The summed E-state index contributed by atoms with van der Waals surface area (Å²) in [6.45, 7) is 0.782. The lowest BCUT2D eigenvalue weighted by Crippen LogP contribution is -2.47. The average Bonchev–Trinajstić information content (AvgIpc) is 3.47. The normalized spacial score (nSPS) is 29.4. The number of carboxylic acids is 1. The van der Waals surface area contributed by atoms with Crippen LogP contribution in [0.2, 0.25) is 0 Å². The van der Waals surface area contributed by atoms with Crippen molar-refractivity contribution in [1.29, 1.82) is 0 Å². The van der Waals surface area contributed by atoms with Gasteiger partial charge in [0.1, 0.15) is 0 Å². The molecule has 4 atom stereocenters. The third-order valence-corrected chi connectivity index (χ3v) is 6.19. The van der Waals surface area contributed by atoms with Crippen LogP contribution in [-0.4, -0.2) is 58.8 Å². The Morgan fingerprint density at radius 3 is 2.41 bits per heavy atom. The topological polar surface area (TPSA) is 115 Å². The van der Waals surface area contributed by atoms with Crippen molar-refractivity contribution in [3.05, 3.63) is 48.6 Å². The first kappa shape index (κ1) is 22.8. The Hall–Kier alpha value is -2.39. The van der Waals surface area contributed by atoms with Crippen LogP contribution >= 0.6 is 0 Å². The van der Waals surface area contributed by atoms with Gasteiger partial charge in [-0.1, -0.05) is 30.4 Å². The summed E-state index contributed by atoms with van der Waals surface area (Å²) in [5, 5.41) is 29.7. The van der Waals surface area contributed by atoms with E-state index in [2.05, 4.69) is 0 Å². The monoisotopic (exact) mass is 446 g/mol. The number of aliphatic carboxylic acids is 1. The van der Waals surface area contributed by atoms with Gasteiger partial charge < -0.3 is 34.3 Å². The van der Waals surface area contributed by atoms with E-state index in [1.165, 1.54) is 0 Å². The van der Waals surface area contributed by atoms with Crippen LogP contribution in [0, 0.1) is 11.8 Å². The van der Waals surface area contributed by atoms with Crippen LogP contribution in [0.5, 0.6) is 11.5 Å². The first-order chi connectivity index (χ1) is 15.5. The zero-order valence-electron chi connectivity index (χ0n) is 17.8. The highest BCUT2D eigenvalue weighted by Gasteiger charge is 2.50. The molecule has 4 rings (SSSR count). The Morgan fingerprint density at radius 2 is 1.75 bits per heavy atom. The molecule has 0 bridgehead atoms. The predicted molar refractivity (Wildman–Crippen MR) is 114 cm³/mol. The van der Waals surface area contributed by atoms with Gasteiger partial charge in [0.2, 0.25) is 0 Å². The highest BCUT2D eigenvalue weighted by atomic mass is 16.8. The van der Waals surface area contributed by atoms with E-state index >= 15 is 0 Å². The molecule has 1 saturated carbocycles. The number of rotatable bonds is 9. The lowest BCUT2D eigenvalue weighted by atomic mass is 9.89. The van der Waals surface area contributed by atoms with Crippen molar-refractivity contribution in [2.45, 2.75) is 56.4 Å². The SMILES string of the molecule is O=C(O)CCC/C=C\C[C@@H]1[C@@H](/C=C/C2(C3Oc4ccccc4O3)OCCO2)[C@H](O)C[C@@H]1O. The number of carboxylic acid groups (broad SMARTS) is 1. The molecule has 3 N–H and O–H groups in total. The fraction of sp³-hybridized carbons (Fsp3) is 0.542. The summed E-state index contributed by atoms with van der Waals surface area (Å²) in [6.07, 6.45) is 7.59. The summed E-state index contributed by atoms with van der Waals surface area (Å²) in [4.78, 5) is 10.6. The van der Waals surface area contributed by atoms with Crippen LogP contribution in [0.15, 0.2) is 48.6 Å². The summed E-state index contributed by atoms with van der Waals surface area (Å²) in [5.41, 5.74) is 0. The largest absolute Gasteiger partial charge is 0.481 e. The minimum absolute atomic E-state index is 0.137. The molecule has 1 aliphatic carbocycles. The molecular formula is C24H30O8. The van der Waals surface area contributed by atoms with Crippen molar-refractivity contribution in [3.8, 4) is 11.5 Å². The molecule has 1 aromatic carbocycles. The first-order valence-corrected chi connectivity index (χ1v) is 11.1. The summed E-state index contributed by atoms with van der Waals surface area (Å²) >= 11 is 0. The van der Waals surface area contributed by atoms with E-state index in [1.807, 2.05) is 42.5 Å². The third-order valence-electron chi connectivity index (χ3n) is 6.19. The van der Waals surface area contributed by atoms with Crippen LogP contribution < -0.4 is 9.47 Å². The summed E-state index contributed by atoms with van der Waals surface area (Å²) in [5.74, 6) is -1.26. The van der Waals surface area contributed by atoms with Crippen molar-refractivity contribution in [1.82, 2.24) is 0 Å². The molecule has 0 radical (unpaired) electrons. The van der Waals surface area contributed by atoms with Gasteiger partial charge in [-0.15, -0.1) is 0 Å². The predicted octanol–water partition coefficient (Wildman–Crippen LogP) is 2.64.